The fraction of sp³-hybridized carbons (Fsp3) is 0.579. The second-order valence-electron chi connectivity index (χ2n) is 6.84. The Morgan fingerprint density at radius 1 is 1.35 bits per heavy atom. The van der Waals surface area contributed by atoms with E-state index in [0.717, 1.165) is 12.1 Å². The van der Waals surface area contributed by atoms with Crippen LogP contribution in [0.2, 0.25) is 0 Å². The number of nitriles is 1. The smallest absolute Gasteiger partial charge is 0.375 e. The van der Waals surface area contributed by atoms with Crippen LogP contribution in [0.5, 0.6) is 0 Å². The summed E-state index contributed by atoms with van der Waals surface area (Å²) >= 11 is 0. The number of amides is 1. The molecule has 2 rings (SSSR count). The van der Waals surface area contributed by atoms with Gasteiger partial charge in [-0.15, -0.1) is 0 Å². The molecule has 1 aliphatic rings. The van der Waals surface area contributed by atoms with Crippen molar-refractivity contribution in [2.75, 3.05) is 18.1 Å². The standard InChI is InChI=1S/C19H23F3N2O2/c1-5-18(4,26-6-2)16-12(3)11-24(17(16)25)14-8-7-13(10-23)15(9-14)19(20,21)22/h7-9,12,16H,5-6,11H2,1-4H3. The van der Waals surface area contributed by atoms with Gasteiger partial charge in [0.05, 0.1) is 28.7 Å². The van der Waals surface area contributed by atoms with E-state index in [1.54, 1.807) is 6.07 Å². The van der Waals surface area contributed by atoms with Crippen LogP contribution in [0.25, 0.3) is 0 Å². The van der Waals surface area contributed by atoms with E-state index in [4.69, 9.17) is 10.00 Å². The van der Waals surface area contributed by atoms with Crippen LogP contribution in [0.1, 0.15) is 45.2 Å². The quantitative estimate of drug-likeness (QED) is 0.775. The molecule has 0 aliphatic carbocycles. The van der Waals surface area contributed by atoms with Gasteiger partial charge in [0.1, 0.15) is 0 Å². The molecule has 7 heteroatoms. The molecule has 1 fully saturated rings. The first-order valence-electron chi connectivity index (χ1n) is 8.65. The maximum atomic E-state index is 13.2. The van der Waals surface area contributed by atoms with Gasteiger partial charge in [0.2, 0.25) is 5.91 Å². The first-order valence-corrected chi connectivity index (χ1v) is 8.65. The zero-order valence-electron chi connectivity index (χ0n) is 15.4. The number of carbonyl (C=O) groups excluding carboxylic acids is 1. The van der Waals surface area contributed by atoms with Crippen molar-refractivity contribution in [3.8, 4) is 6.07 Å². The minimum atomic E-state index is -4.65. The second-order valence-corrected chi connectivity index (χ2v) is 6.84. The Morgan fingerprint density at radius 3 is 2.50 bits per heavy atom. The van der Waals surface area contributed by atoms with Gasteiger partial charge in [0.15, 0.2) is 0 Å². The van der Waals surface area contributed by atoms with Crippen LogP contribution in [-0.2, 0) is 15.7 Å². The van der Waals surface area contributed by atoms with Crippen molar-refractivity contribution in [1.82, 2.24) is 0 Å². The van der Waals surface area contributed by atoms with Crippen molar-refractivity contribution in [2.24, 2.45) is 11.8 Å². The van der Waals surface area contributed by atoms with E-state index in [1.165, 1.54) is 11.0 Å². The van der Waals surface area contributed by atoms with Crippen LogP contribution < -0.4 is 4.90 Å². The zero-order chi connectivity index (χ0) is 19.7. The highest BCUT2D eigenvalue weighted by Gasteiger charge is 2.49. The molecule has 142 valence electrons. The van der Waals surface area contributed by atoms with E-state index >= 15 is 0 Å². The van der Waals surface area contributed by atoms with E-state index in [0.29, 0.717) is 19.6 Å². The third-order valence-electron chi connectivity index (χ3n) is 5.15. The molecule has 3 unspecified atom stereocenters. The maximum Gasteiger partial charge on any atom is 0.417 e. The summed E-state index contributed by atoms with van der Waals surface area (Å²) in [5.74, 6) is -0.741. The van der Waals surface area contributed by atoms with E-state index in [-0.39, 0.29) is 17.5 Å². The summed E-state index contributed by atoms with van der Waals surface area (Å²) in [6.07, 6.45) is -4.03. The number of halogens is 3. The Labute approximate surface area is 151 Å². The summed E-state index contributed by atoms with van der Waals surface area (Å²) in [7, 11) is 0. The fourth-order valence-corrected chi connectivity index (χ4v) is 3.76. The molecular formula is C19H23F3N2O2. The summed E-state index contributed by atoms with van der Waals surface area (Å²) in [6, 6.07) is 4.95. The first-order chi connectivity index (χ1) is 12.1. The average molecular weight is 368 g/mol. The van der Waals surface area contributed by atoms with Crippen LogP contribution in [0, 0.1) is 23.2 Å². The van der Waals surface area contributed by atoms with Crippen LogP contribution in [-0.4, -0.2) is 24.7 Å². The topological polar surface area (TPSA) is 53.3 Å². The lowest BCUT2D eigenvalue weighted by Crippen LogP contribution is -2.44. The van der Waals surface area contributed by atoms with E-state index < -0.39 is 28.8 Å². The number of carbonyl (C=O) groups is 1. The molecule has 26 heavy (non-hydrogen) atoms. The highest BCUT2D eigenvalue weighted by molar-refractivity contribution is 5.98. The number of anilines is 1. The third-order valence-corrected chi connectivity index (χ3v) is 5.15. The predicted molar refractivity (Wildman–Crippen MR) is 91.5 cm³/mol. The minimum absolute atomic E-state index is 0.0658. The Balaban J connectivity index is 2.43. The number of hydrogen-bond acceptors (Lipinski definition) is 3. The summed E-state index contributed by atoms with van der Waals surface area (Å²) in [5, 5.41) is 8.92. The molecule has 0 bridgehead atoms. The van der Waals surface area contributed by atoms with E-state index in [1.807, 2.05) is 27.7 Å². The van der Waals surface area contributed by atoms with Gasteiger partial charge in [0.25, 0.3) is 0 Å². The minimum Gasteiger partial charge on any atom is -0.375 e. The van der Waals surface area contributed by atoms with Gasteiger partial charge >= 0.3 is 6.18 Å². The van der Waals surface area contributed by atoms with Gasteiger partial charge in [-0.2, -0.15) is 18.4 Å². The Bertz CT molecular complexity index is 726. The number of ether oxygens (including phenoxy) is 1. The highest BCUT2D eigenvalue weighted by atomic mass is 19.4. The Morgan fingerprint density at radius 2 is 2.00 bits per heavy atom. The molecule has 1 aromatic rings. The second kappa shape index (κ2) is 7.28. The molecule has 1 aliphatic heterocycles. The molecule has 3 atom stereocenters. The van der Waals surface area contributed by atoms with Gasteiger partial charge < -0.3 is 9.64 Å². The average Bonchev–Trinajstić information content (AvgIpc) is 2.88. The molecule has 1 heterocycles. The van der Waals surface area contributed by atoms with Gasteiger partial charge in [0, 0.05) is 18.8 Å². The molecule has 0 saturated carbocycles. The van der Waals surface area contributed by atoms with Gasteiger partial charge in [-0.25, -0.2) is 0 Å². The van der Waals surface area contributed by atoms with Crippen molar-refractivity contribution >= 4 is 11.6 Å². The van der Waals surface area contributed by atoms with Gasteiger partial charge in [-0.3, -0.25) is 4.79 Å². The molecule has 0 N–H and O–H groups in total. The number of benzene rings is 1. The molecular weight excluding hydrogens is 345 g/mol. The molecule has 0 spiro atoms. The molecule has 1 saturated heterocycles. The van der Waals surface area contributed by atoms with Gasteiger partial charge in [-0.05, 0) is 44.4 Å². The summed E-state index contributed by atoms with van der Waals surface area (Å²) in [5.41, 5.74) is -1.99. The lowest BCUT2D eigenvalue weighted by Gasteiger charge is -2.35. The monoisotopic (exact) mass is 368 g/mol. The molecule has 1 aromatic carbocycles. The zero-order valence-corrected chi connectivity index (χ0v) is 15.4. The summed E-state index contributed by atoms with van der Waals surface area (Å²) in [4.78, 5) is 14.4. The van der Waals surface area contributed by atoms with Crippen molar-refractivity contribution in [2.45, 2.75) is 45.9 Å². The van der Waals surface area contributed by atoms with Crippen LogP contribution in [0.4, 0.5) is 18.9 Å². The summed E-state index contributed by atoms with van der Waals surface area (Å²) in [6.45, 7) is 8.34. The van der Waals surface area contributed by atoms with Crippen molar-refractivity contribution in [3.63, 3.8) is 0 Å². The number of alkyl halides is 3. The van der Waals surface area contributed by atoms with E-state index in [2.05, 4.69) is 0 Å². The van der Waals surface area contributed by atoms with Crippen LogP contribution >= 0.6 is 0 Å². The number of rotatable bonds is 5. The Hall–Kier alpha value is -2.07. The fourth-order valence-electron chi connectivity index (χ4n) is 3.76. The lowest BCUT2D eigenvalue weighted by molar-refractivity contribution is -0.138. The Kier molecular flexibility index (Phi) is 5.67. The number of nitrogens with zero attached hydrogens (tertiary/aromatic N) is 2. The largest absolute Gasteiger partial charge is 0.417 e. The third kappa shape index (κ3) is 3.56. The van der Waals surface area contributed by atoms with Crippen molar-refractivity contribution in [3.05, 3.63) is 29.3 Å². The van der Waals surface area contributed by atoms with Crippen LogP contribution in [0.15, 0.2) is 18.2 Å². The van der Waals surface area contributed by atoms with Crippen molar-refractivity contribution < 1.29 is 22.7 Å². The van der Waals surface area contributed by atoms with Crippen molar-refractivity contribution in [1.29, 1.82) is 5.26 Å². The lowest BCUT2D eigenvalue weighted by atomic mass is 9.80. The van der Waals surface area contributed by atoms with E-state index in [9.17, 15) is 18.0 Å². The van der Waals surface area contributed by atoms with Crippen LogP contribution in [0.3, 0.4) is 0 Å². The SMILES string of the molecule is CCOC(C)(CC)C1C(=O)N(c2ccc(C#N)c(C(F)(F)F)c2)CC1C. The predicted octanol–water partition coefficient (Wildman–Crippen LogP) is 4.38. The molecule has 1 amide bonds. The molecule has 0 radical (unpaired) electrons. The summed E-state index contributed by atoms with van der Waals surface area (Å²) < 4.78 is 45.5. The molecule has 0 aromatic heterocycles. The first kappa shape index (κ1) is 20.2. The maximum absolute atomic E-state index is 13.2. The highest BCUT2D eigenvalue weighted by Crippen LogP contribution is 2.41. The normalized spacial score (nSPS) is 23.0. The molecule has 4 nitrogen and oxygen atoms in total. The van der Waals surface area contributed by atoms with Gasteiger partial charge in [-0.1, -0.05) is 13.8 Å². The number of hydrogen-bond donors (Lipinski definition) is 0.